The summed E-state index contributed by atoms with van der Waals surface area (Å²) in [7, 11) is 0. The van der Waals surface area contributed by atoms with Crippen molar-refractivity contribution >= 4 is 11.8 Å². The minimum absolute atomic E-state index is 0.120. The van der Waals surface area contributed by atoms with Gasteiger partial charge in [-0.1, -0.05) is 24.6 Å². The first-order chi connectivity index (χ1) is 7.13. The minimum atomic E-state index is -0.120. The van der Waals surface area contributed by atoms with Gasteiger partial charge in [-0.15, -0.1) is 0 Å². The van der Waals surface area contributed by atoms with E-state index >= 15 is 0 Å². The molecule has 0 spiro atoms. The van der Waals surface area contributed by atoms with E-state index in [1.807, 2.05) is 24.8 Å². The van der Waals surface area contributed by atoms with Gasteiger partial charge >= 0.3 is 0 Å². The topological polar surface area (TPSA) is 12.0 Å². The minimum Gasteiger partial charge on any atom is -0.311 e. The molecule has 15 heavy (non-hydrogen) atoms. The van der Waals surface area contributed by atoms with Gasteiger partial charge in [-0.25, -0.2) is 4.39 Å². The summed E-state index contributed by atoms with van der Waals surface area (Å²) < 4.78 is 13.3. The molecule has 1 unspecified atom stereocenters. The lowest BCUT2D eigenvalue weighted by atomic mass is 10.1. The Morgan fingerprint density at radius 2 is 2.20 bits per heavy atom. The van der Waals surface area contributed by atoms with E-state index in [2.05, 4.69) is 18.5 Å². The van der Waals surface area contributed by atoms with Gasteiger partial charge in [0.25, 0.3) is 0 Å². The van der Waals surface area contributed by atoms with E-state index in [1.165, 1.54) is 6.07 Å². The molecule has 0 aliphatic rings. The van der Waals surface area contributed by atoms with Crippen molar-refractivity contribution in [1.29, 1.82) is 0 Å². The molecule has 0 aromatic heterocycles. The zero-order valence-electron chi connectivity index (χ0n) is 9.51. The first-order valence-electron chi connectivity index (χ1n) is 5.12. The fourth-order valence-corrected chi connectivity index (χ4v) is 1.62. The molecule has 0 saturated carbocycles. The Hall–Kier alpha value is -0.540. The molecule has 0 saturated heterocycles. The van der Waals surface area contributed by atoms with Gasteiger partial charge in [0.05, 0.1) is 0 Å². The standard InChI is InChI=1S/C12H18FNS/c1-9-4-5-12(13)11(6-9)8-14-7-10(2)15-3/h4-6,10,14H,7-8H2,1-3H3. The SMILES string of the molecule is CSC(C)CNCc1cc(C)ccc1F. The molecule has 1 aromatic rings. The molecular formula is C12H18FNS. The molecule has 84 valence electrons. The van der Waals surface area contributed by atoms with E-state index in [4.69, 9.17) is 0 Å². The van der Waals surface area contributed by atoms with Crippen molar-refractivity contribution in [2.45, 2.75) is 25.6 Å². The van der Waals surface area contributed by atoms with Crippen LogP contribution in [0.4, 0.5) is 4.39 Å². The number of nitrogens with one attached hydrogen (secondary N) is 1. The van der Waals surface area contributed by atoms with E-state index in [0.717, 1.165) is 17.7 Å². The van der Waals surface area contributed by atoms with Gasteiger partial charge in [0, 0.05) is 23.9 Å². The van der Waals surface area contributed by atoms with Crippen LogP contribution in [-0.4, -0.2) is 18.1 Å². The number of hydrogen-bond acceptors (Lipinski definition) is 2. The van der Waals surface area contributed by atoms with Crippen molar-refractivity contribution in [3.8, 4) is 0 Å². The highest BCUT2D eigenvalue weighted by atomic mass is 32.2. The summed E-state index contributed by atoms with van der Waals surface area (Å²) >= 11 is 1.81. The van der Waals surface area contributed by atoms with Crippen LogP contribution in [0.1, 0.15) is 18.1 Å². The van der Waals surface area contributed by atoms with Crippen LogP contribution in [0.25, 0.3) is 0 Å². The normalized spacial score (nSPS) is 12.8. The van der Waals surface area contributed by atoms with Crippen molar-refractivity contribution in [1.82, 2.24) is 5.32 Å². The first-order valence-corrected chi connectivity index (χ1v) is 6.41. The summed E-state index contributed by atoms with van der Waals surface area (Å²) in [4.78, 5) is 0. The molecule has 0 radical (unpaired) electrons. The molecule has 0 amide bonds. The van der Waals surface area contributed by atoms with Gasteiger partial charge in [0.15, 0.2) is 0 Å². The largest absolute Gasteiger partial charge is 0.311 e. The Balaban J connectivity index is 2.46. The second-order valence-electron chi connectivity index (χ2n) is 3.77. The van der Waals surface area contributed by atoms with E-state index in [1.54, 1.807) is 6.07 Å². The lowest BCUT2D eigenvalue weighted by Gasteiger charge is -2.10. The predicted octanol–water partition coefficient (Wildman–Crippen LogP) is 2.98. The van der Waals surface area contributed by atoms with Crippen LogP contribution >= 0.6 is 11.8 Å². The fourth-order valence-electron chi connectivity index (χ4n) is 1.33. The number of rotatable bonds is 5. The summed E-state index contributed by atoms with van der Waals surface area (Å²) in [6.45, 7) is 5.66. The second-order valence-corrected chi connectivity index (χ2v) is 5.05. The Morgan fingerprint density at radius 3 is 2.87 bits per heavy atom. The van der Waals surface area contributed by atoms with E-state index in [-0.39, 0.29) is 5.82 Å². The summed E-state index contributed by atoms with van der Waals surface area (Å²) in [5.41, 5.74) is 1.86. The molecule has 0 fully saturated rings. The Kier molecular flexibility index (Phi) is 5.12. The van der Waals surface area contributed by atoms with Crippen molar-refractivity contribution in [2.24, 2.45) is 0 Å². The van der Waals surface area contributed by atoms with Crippen LogP contribution in [0, 0.1) is 12.7 Å². The van der Waals surface area contributed by atoms with E-state index in [9.17, 15) is 4.39 Å². The lowest BCUT2D eigenvalue weighted by Crippen LogP contribution is -2.22. The molecule has 0 aliphatic carbocycles. The monoisotopic (exact) mass is 227 g/mol. The number of aryl methyl sites for hydroxylation is 1. The Bertz CT molecular complexity index is 314. The van der Waals surface area contributed by atoms with E-state index < -0.39 is 0 Å². The van der Waals surface area contributed by atoms with Crippen molar-refractivity contribution in [3.05, 3.63) is 35.1 Å². The number of halogens is 1. The summed E-state index contributed by atoms with van der Waals surface area (Å²) in [6.07, 6.45) is 2.08. The molecule has 1 aromatic carbocycles. The highest BCUT2D eigenvalue weighted by molar-refractivity contribution is 7.99. The second kappa shape index (κ2) is 6.13. The van der Waals surface area contributed by atoms with Gasteiger partial charge < -0.3 is 5.32 Å². The van der Waals surface area contributed by atoms with Gasteiger partial charge in [0.2, 0.25) is 0 Å². The van der Waals surface area contributed by atoms with Crippen LogP contribution in [0.15, 0.2) is 18.2 Å². The summed E-state index contributed by atoms with van der Waals surface area (Å²) in [5.74, 6) is -0.120. The number of hydrogen-bond donors (Lipinski definition) is 1. The zero-order chi connectivity index (χ0) is 11.3. The quantitative estimate of drug-likeness (QED) is 0.830. The average Bonchev–Trinajstić information content (AvgIpc) is 2.23. The molecule has 3 heteroatoms. The number of benzene rings is 1. The molecule has 1 nitrogen and oxygen atoms in total. The summed E-state index contributed by atoms with van der Waals surface area (Å²) in [6, 6.07) is 5.22. The average molecular weight is 227 g/mol. The van der Waals surface area contributed by atoms with Crippen molar-refractivity contribution in [2.75, 3.05) is 12.8 Å². The molecule has 1 N–H and O–H groups in total. The maximum absolute atomic E-state index is 13.3. The number of thioether (sulfide) groups is 1. The third-order valence-corrected chi connectivity index (χ3v) is 3.32. The molecular weight excluding hydrogens is 209 g/mol. The zero-order valence-corrected chi connectivity index (χ0v) is 10.3. The maximum Gasteiger partial charge on any atom is 0.127 e. The van der Waals surface area contributed by atoms with Gasteiger partial charge in [-0.05, 0) is 19.2 Å². The summed E-state index contributed by atoms with van der Waals surface area (Å²) in [5, 5.41) is 3.83. The van der Waals surface area contributed by atoms with Crippen molar-refractivity contribution in [3.63, 3.8) is 0 Å². The van der Waals surface area contributed by atoms with Crippen LogP contribution < -0.4 is 5.32 Å². The lowest BCUT2D eigenvalue weighted by molar-refractivity contribution is 0.587. The third kappa shape index (κ3) is 4.22. The Morgan fingerprint density at radius 1 is 1.47 bits per heavy atom. The van der Waals surface area contributed by atoms with Gasteiger partial charge in [-0.2, -0.15) is 11.8 Å². The molecule has 1 atom stereocenters. The highest BCUT2D eigenvalue weighted by Gasteiger charge is 2.03. The predicted molar refractivity (Wildman–Crippen MR) is 65.8 cm³/mol. The van der Waals surface area contributed by atoms with E-state index in [0.29, 0.717) is 11.8 Å². The van der Waals surface area contributed by atoms with Crippen LogP contribution in [0.5, 0.6) is 0 Å². The molecule has 0 aliphatic heterocycles. The fraction of sp³-hybridized carbons (Fsp3) is 0.500. The molecule has 0 heterocycles. The molecule has 0 bridgehead atoms. The maximum atomic E-state index is 13.3. The van der Waals surface area contributed by atoms with Gasteiger partial charge in [0.1, 0.15) is 5.82 Å². The van der Waals surface area contributed by atoms with Crippen LogP contribution in [-0.2, 0) is 6.54 Å². The third-order valence-electron chi connectivity index (χ3n) is 2.35. The highest BCUT2D eigenvalue weighted by Crippen LogP contribution is 2.10. The smallest absolute Gasteiger partial charge is 0.127 e. The van der Waals surface area contributed by atoms with Crippen LogP contribution in [0.3, 0.4) is 0 Å². The van der Waals surface area contributed by atoms with Crippen molar-refractivity contribution < 1.29 is 4.39 Å². The Labute approximate surface area is 95.5 Å². The van der Waals surface area contributed by atoms with Gasteiger partial charge in [-0.3, -0.25) is 0 Å². The first kappa shape index (κ1) is 12.5. The molecule has 1 rings (SSSR count). The van der Waals surface area contributed by atoms with Crippen LogP contribution in [0.2, 0.25) is 0 Å².